The third kappa shape index (κ3) is 2.28. The summed E-state index contributed by atoms with van der Waals surface area (Å²) in [6, 6.07) is 27.1. The second kappa shape index (κ2) is 5.82. The molecule has 1 heterocycles. The molecule has 0 fully saturated rings. The Balaban J connectivity index is 1.87. The number of aromatic amines is 1. The van der Waals surface area contributed by atoms with Crippen molar-refractivity contribution in [1.82, 2.24) is 4.98 Å². The summed E-state index contributed by atoms with van der Waals surface area (Å²) in [6.07, 6.45) is 1.73. The first kappa shape index (κ1) is 15.4. The van der Waals surface area contributed by atoms with E-state index in [0.717, 1.165) is 27.1 Å². The van der Waals surface area contributed by atoms with Gasteiger partial charge in [-0.25, -0.2) is 0 Å². The maximum absolute atomic E-state index is 12.2. The molecule has 0 amide bonds. The summed E-state index contributed by atoms with van der Waals surface area (Å²) in [6.45, 7) is 0. The number of hydrogen-bond acceptors (Lipinski definition) is 1. The van der Waals surface area contributed by atoms with E-state index < -0.39 is 10.8 Å². The molecule has 5 aromatic rings. The molecule has 4 aromatic carbocycles. The van der Waals surface area contributed by atoms with Gasteiger partial charge in [-0.05, 0) is 46.2 Å². The van der Waals surface area contributed by atoms with Crippen molar-refractivity contribution in [3.63, 3.8) is 0 Å². The van der Waals surface area contributed by atoms with E-state index >= 15 is 0 Å². The van der Waals surface area contributed by atoms with E-state index in [1.54, 1.807) is 6.26 Å². The van der Waals surface area contributed by atoms with Crippen LogP contribution in [0.3, 0.4) is 0 Å². The lowest BCUT2D eigenvalue weighted by atomic mass is 9.98. The third-order valence-electron chi connectivity index (χ3n) is 5.00. The third-order valence-corrected chi connectivity index (χ3v) is 5.97. The molecule has 1 N–H and O–H groups in total. The molecule has 3 heteroatoms. The van der Waals surface area contributed by atoms with Crippen molar-refractivity contribution in [3.05, 3.63) is 78.9 Å². The number of para-hydroxylation sites is 1. The zero-order valence-electron chi connectivity index (χ0n) is 14.3. The molecule has 1 atom stereocenters. The van der Waals surface area contributed by atoms with Crippen molar-refractivity contribution in [3.8, 4) is 11.1 Å². The molecule has 5 rings (SSSR count). The second-order valence-electron chi connectivity index (χ2n) is 6.54. The fourth-order valence-corrected chi connectivity index (χ4v) is 4.56. The normalized spacial score (nSPS) is 12.8. The number of rotatable bonds is 2. The first-order valence-corrected chi connectivity index (χ1v) is 10.1. The molecule has 0 aliphatic rings. The van der Waals surface area contributed by atoms with E-state index in [2.05, 4.69) is 59.6 Å². The monoisotopic (exact) mass is 355 g/mol. The minimum absolute atomic E-state index is 0.873. The molecule has 0 aliphatic carbocycles. The number of hydrogen-bond donors (Lipinski definition) is 1. The SMILES string of the molecule is CS(=O)c1ccccc1-c1ccc2ccc3[nH]c4ccccc4c3c2c1. The van der Waals surface area contributed by atoms with Gasteiger partial charge in [0.25, 0.3) is 0 Å². The van der Waals surface area contributed by atoms with Gasteiger partial charge < -0.3 is 4.98 Å². The molecule has 1 aromatic heterocycles. The highest BCUT2D eigenvalue weighted by atomic mass is 32.2. The van der Waals surface area contributed by atoms with Crippen LogP contribution >= 0.6 is 0 Å². The fourth-order valence-electron chi connectivity index (χ4n) is 3.79. The lowest BCUT2D eigenvalue weighted by molar-refractivity contribution is 0.687. The Morgan fingerprint density at radius 1 is 0.769 bits per heavy atom. The molecular weight excluding hydrogens is 338 g/mol. The zero-order valence-corrected chi connectivity index (χ0v) is 15.1. The topological polar surface area (TPSA) is 32.9 Å². The molecule has 0 saturated heterocycles. The van der Waals surface area contributed by atoms with Gasteiger partial charge in [-0.3, -0.25) is 4.21 Å². The van der Waals surface area contributed by atoms with Gasteiger partial charge >= 0.3 is 0 Å². The van der Waals surface area contributed by atoms with Crippen molar-refractivity contribution in [2.24, 2.45) is 0 Å². The van der Waals surface area contributed by atoms with Crippen LogP contribution in [-0.4, -0.2) is 15.4 Å². The largest absolute Gasteiger partial charge is 0.354 e. The van der Waals surface area contributed by atoms with Crippen LogP contribution in [-0.2, 0) is 10.8 Å². The Morgan fingerprint density at radius 3 is 2.42 bits per heavy atom. The van der Waals surface area contributed by atoms with E-state index in [1.807, 2.05) is 24.3 Å². The number of nitrogens with one attached hydrogen (secondary N) is 1. The van der Waals surface area contributed by atoms with E-state index in [0.29, 0.717) is 0 Å². The smallest absolute Gasteiger partial charge is 0.0504 e. The first-order valence-electron chi connectivity index (χ1n) is 8.58. The van der Waals surface area contributed by atoms with E-state index in [1.165, 1.54) is 21.5 Å². The van der Waals surface area contributed by atoms with Crippen LogP contribution in [0.5, 0.6) is 0 Å². The number of aromatic nitrogens is 1. The lowest BCUT2D eigenvalue weighted by Crippen LogP contribution is -1.91. The van der Waals surface area contributed by atoms with Crippen molar-refractivity contribution < 1.29 is 4.21 Å². The highest BCUT2D eigenvalue weighted by molar-refractivity contribution is 7.84. The molecule has 0 spiro atoms. The van der Waals surface area contributed by atoms with Gasteiger partial charge in [0.15, 0.2) is 0 Å². The fraction of sp³-hybridized carbons (Fsp3) is 0.0435. The summed E-state index contributed by atoms with van der Waals surface area (Å²) >= 11 is 0. The van der Waals surface area contributed by atoms with E-state index in [-0.39, 0.29) is 0 Å². The molecule has 0 radical (unpaired) electrons. The van der Waals surface area contributed by atoms with Gasteiger partial charge in [0.05, 0.1) is 10.8 Å². The molecule has 126 valence electrons. The first-order chi connectivity index (χ1) is 12.7. The van der Waals surface area contributed by atoms with Gasteiger partial charge in [-0.2, -0.15) is 0 Å². The summed E-state index contributed by atoms with van der Waals surface area (Å²) in [4.78, 5) is 4.38. The van der Waals surface area contributed by atoms with Crippen LogP contribution in [0.15, 0.2) is 83.8 Å². The summed E-state index contributed by atoms with van der Waals surface area (Å²) < 4.78 is 12.2. The minimum atomic E-state index is -1.02. The molecular formula is C23H17NOS. The Kier molecular flexibility index (Phi) is 3.44. The average molecular weight is 355 g/mol. The standard InChI is InChI=1S/C23H17NOS/c1-26(25)22-9-5-3-6-17(22)16-11-10-15-12-13-21-23(19(15)14-16)18-7-2-4-8-20(18)24-21/h2-14,24H,1H3. The van der Waals surface area contributed by atoms with Crippen LogP contribution in [0.25, 0.3) is 43.7 Å². The van der Waals surface area contributed by atoms with E-state index in [4.69, 9.17) is 0 Å². The molecule has 26 heavy (non-hydrogen) atoms. The predicted molar refractivity (Wildman–Crippen MR) is 111 cm³/mol. The van der Waals surface area contributed by atoms with Crippen LogP contribution < -0.4 is 0 Å². The zero-order chi connectivity index (χ0) is 17.7. The van der Waals surface area contributed by atoms with Crippen LogP contribution in [0, 0.1) is 0 Å². The van der Waals surface area contributed by atoms with Gasteiger partial charge in [0.1, 0.15) is 0 Å². The Bertz CT molecular complexity index is 1320. The van der Waals surface area contributed by atoms with Gasteiger partial charge in [0, 0.05) is 33.0 Å². The van der Waals surface area contributed by atoms with Crippen LogP contribution in [0.4, 0.5) is 0 Å². The van der Waals surface area contributed by atoms with Crippen LogP contribution in [0.2, 0.25) is 0 Å². The minimum Gasteiger partial charge on any atom is -0.354 e. The molecule has 2 nitrogen and oxygen atoms in total. The quantitative estimate of drug-likeness (QED) is 0.421. The van der Waals surface area contributed by atoms with Gasteiger partial charge in [-0.15, -0.1) is 0 Å². The number of H-pyrrole nitrogens is 1. The molecule has 1 unspecified atom stereocenters. The Morgan fingerprint density at radius 2 is 1.54 bits per heavy atom. The Hall–Kier alpha value is -2.91. The van der Waals surface area contributed by atoms with Crippen LogP contribution in [0.1, 0.15) is 0 Å². The average Bonchev–Trinajstić information content (AvgIpc) is 3.06. The Labute approximate surface area is 153 Å². The van der Waals surface area contributed by atoms with Crippen molar-refractivity contribution in [2.45, 2.75) is 4.90 Å². The van der Waals surface area contributed by atoms with Crippen molar-refractivity contribution in [1.29, 1.82) is 0 Å². The maximum atomic E-state index is 12.2. The van der Waals surface area contributed by atoms with E-state index in [9.17, 15) is 4.21 Å². The predicted octanol–water partition coefficient (Wildman–Crippen LogP) is 5.88. The van der Waals surface area contributed by atoms with Gasteiger partial charge in [-0.1, -0.05) is 54.6 Å². The summed E-state index contributed by atoms with van der Waals surface area (Å²) in [7, 11) is -1.02. The van der Waals surface area contributed by atoms with Gasteiger partial charge in [0.2, 0.25) is 0 Å². The number of fused-ring (bicyclic) bond motifs is 5. The van der Waals surface area contributed by atoms with Crippen molar-refractivity contribution >= 4 is 43.4 Å². The number of benzene rings is 4. The summed E-state index contributed by atoms with van der Waals surface area (Å²) in [5, 5.41) is 4.91. The highest BCUT2D eigenvalue weighted by Crippen LogP contribution is 2.35. The second-order valence-corrected chi connectivity index (χ2v) is 7.89. The maximum Gasteiger partial charge on any atom is 0.0504 e. The molecule has 0 bridgehead atoms. The molecule has 0 saturated carbocycles. The summed E-state index contributed by atoms with van der Waals surface area (Å²) in [5.74, 6) is 0. The lowest BCUT2D eigenvalue weighted by Gasteiger charge is -2.09. The van der Waals surface area contributed by atoms with Crippen molar-refractivity contribution in [2.75, 3.05) is 6.26 Å². The highest BCUT2D eigenvalue weighted by Gasteiger charge is 2.11. The summed E-state index contributed by atoms with van der Waals surface area (Å²) in [5.41, 5.74) is 4.42. The molecule has 0 aliphatic heterocycles.